The molecule has 3 rings (SSSR count). The number of aromatic hydroxyl groups is 1. The topological polar surface area (TPSA) is 43.7 Å². The molecule has 1 atom stereocenters. The first-order chi connectivity index (χ1) is 10.6. The van der Waals surface area contributed by atoms with Crippen molar-refractivity contribution in [3.8, 4) is 16.9 Å². The van der Waals surface area contributed by atoms with E-state index in [0.29, 0.717) is 13.1 Å². The van der Waals surface area contributed by atoms with E-state index >= 15 is 0 Å². The van der Waals surface area contributed by atoms with Crippen LogP contribution in [0.25, 0.3) is 11.1 Å². The number of halogens is 1. The number of benzene rings is 2. The molecular weight excluding hydrogens is 281 g/mol. The Balaban J connectivity index is 1.82. The number of piperidine rings is 1. The molecule has 1 heterocycles. The van der Waals surface area contributed by atoms with E-state index in [1.807, 2.05) is 12.1 Å². The van der Waals surface area contributed by atoms with E-state index < -0.39 is 0 Å². The number of phenolic OH excluding ortho intramolecular Hbond substituents is 1. The minimum Gasteiger partial charge on any atom is -0.508 e. The summed E-state index contributed by atoms with van der Waals surface area (Å²) >= 11 is 0. The molecule has 2 aromatic carbocycles. The van der Waals surface area contributed by atoms with Crippen molar-refractivity contribution in [2.45, 2.75) is 25.5 Å². The highest BCUT2D eigenvalue weighted by Crippen LogP contribution is 2.28. The molecule has 0 aromatic heterocycles. The Bertz CT molecular complexity index is 642. The van der Waals surface area contributed by atoms with Crippen LogP contribution in [0, 0.1) is 5.82 Å². The Labute approximate surface area is 129 Å². The average Bonchev–Trinajstić information content (AvgIpc) is 2.50. The number of hydrogen-bond acceptors (Lipinski definition) is 3. The molecule has 0 bridgehead atoms. The predicted octanol–water partition coefficient (Wildman–Crippen LogP) is 3.16. The van der Waals surface area contributed by atoms with E-state index in [4.69, 9.17) is 0 Å². The van der Waals surface area contributed by atoms with Crippen LogP contribution in [-0.4, -0.2) is 34.3 Å². The summed E-state index contributed by atoms with van der Waals surface area (Å²) in [6.45, 7) is 2.18. The lowest BCUT2D eigenvalue weighted by Gasteiger charge is -2.30. The van der Waals surface area contributed by atoms with Crippen LogP contribution < -0.4 is 0 Å². The Morgan fingerprint density at radius 3 is 2.55 bits per heavy atom. The second-order valence-electron chi connectivity index (χ2n) is 5.88. The molecule has 0 aliphatic carbocycles. The SMILES string of the molecule is Oc1ccc(-c2ccc(F)cc2)cc1CN1CCC[C@@H](O)C1. The molecule has 1 aliphatic rings. The van der Waals surface area contributed by atoms with Crippen molar-refractivity contribution in [2.75, 3.05) is 13.1 Å². The van der Waals surface area contributed by atoms with Gasteiger partial charge in [0.15, 0.2) is 0 Å². The Morgan fingerprint density at radius 2 is 1.82 bits per heavy atom. The fourth-order valence-electron chi connectivity index (χ4n) is 2.95. The van der Waals surface area contributed by atoms with Gasteiger partial charge in [-0.15, -0.1) is 0 Å². The van der Waals surface area contributed by atoms with Gasteiger partial charge >= 0.3 is 0 Å². The van der Waals surface area contributed by atoms with Gasteiger partial charge in [0.05, 0.1) is 6.10 Å². The van der Waals surface area contributed by atoms with Crippen LogP contribution in [0.5, 0.6) is 5.75 Å². The first-order valence-electron chi connectivity index (χ1n) is 7.60. The van der Waals surface area contributed by atoms with Gasteiger partial charge in [-0.25, -0.2) is 4.39 Å². The third-order valence-corrected chi connectivity index (χ3v) is 4.13. The van der Waals surface area contributed by atoms with Crippen molar-refractivity contribution in [3.63, 3.8) is 0 Å². The summed E-state index contributed by atoms with van der Waals surface area (Å²) < 4.78 is 13.0. The smallest absolute Gasteiger partial charge is 0.123 e. The Hall–Kier alpha value is -1.91. The molecule has 1 aliphatic heterocycles. The van der Waals surface area contributed by atoms with E-state index in [2.05, 4.69) is 4.90 Å². The van der Waals surface area contributed by atoms with Crippen LogP contribution in [0.2, 0.25) is 0 Å². The van der Waals surface area contributed by atoms with Crippen molar-refractivity contribution in [1.29, 1.82) is 0 Å². The third-order valence-electron chi connectivity index (χ3n) is 4.13. The summed E-state index contributed by atoms with van der Waals surface area (Å²) in [6, 6.07) is 11.8. The summed E-state index contributed by atoms with van der Waals surface area (Å²) in [5.74, 6) is -0.00372. The van der Waals surface area contributed by atoms with Gasteiger partial charge < -0.3 is 10.2 Å². The number of rotatable bonds is 3. The lowest BCUT2D eigenvalue weighted by Crippen LogP contribution is -2.37. The first kappa shape index (κ1) is 15.0. The summed E-state index contributed by atoms with van der Waals surface area (Å²) in [4.78, 5) is 2.15. The summed E-state index contributed by atoms with van der Waals surface area (Å²) in [7, 11) is 0. The van der Waals surface area contributed by atoms with Gasteiger partial charge in [-0.1, -0.05) is 18.2 Å². The van der Waals surface area contributed by atoms with Gasteiger partial charge in [0.1, 0.15) is 11.6 Å². The zero-order chi connectivity index (χ0) is 15.5. The molecule has 0 radical (unpaired) electrons. The van der Waals surface area contributed by atoms with E-state index in [9.17, 15) is 14.6 Å². The fourth-order valence-corrected chi connectivity index (χ4v) is 2.95. The molecular formula is C18H20FNO2. The van der Waals surface area contributed by atoms with E-state index in [0.717, 1.165) is 36.1 Å². The molecule has 2 aromatic rings. The van der Waals surface area contributed by atoms with Gasteiger partial charge in [-0.3, -0.25) is 4.90 Å². The summed E-state index contributed by atoms with van der Waals surface area (Å²) in [5.41, 5.74) is 2.70. The predicted molar refractivity (Wildman–Crippen MR) is 84.0 cm³/mol. The quantitative estimate of drug-likeness (QED) is 0.915. The number of β-amino-alcohol motifs (C(OH)–C–C–N with tert-alkyl or cyclic N) is 1. The number of phenols is 1. The van der Waals surface area contributed by atoms with Crippen LogP contribution in [0.15, 0.2) is 42.5 Å². The van der Waals surface area contributed by atoms with Crippen molar-refractivity contribution in [3.05, 3.63) is 53.8 Å². The maximum atomic E-state index is 13.0. The first-order valence-corrected chi connectivity index (χ1v) is 7.60. The molecule has 1 fully saturated rings. The monoisotopic (exact) mass is 301 g/mol. The van der Waals surface area contributed by atoms with E-state index in [1.54, 1.807) is 18.2 Å². The molecule has 0 unspecified atom stereocenters. The van der Waals surface area contributed by atoms with Gasteiger partial charge in [0.2, 0.25) is 0 Å². The molecule has 0 amide bonds. The zero-order valence-corrected chi connectivity index (χ0v) is 12.4. The second-order valence-corrected chi connectivity index (χ2v) is 5.88. The summed E-state index contributed by atoms with van der Waals surface area (Å²) in [5, 5.41) is 19.8. The van der Waals surface area contributed by atoms with Crippen LogP contribution in [0.3, 0.4) is 0 Å². The van der Waals surface area contributed by atoms with Gasteiger partial charge in [0.25, 0.3) is 0 Å². The van der Waals surface area contributed by atoms with Crippen molar-refractivity contribution in [1.82, 2.24) is 4.90 Å². The molecule has 116 valence electrons. The minimum absolute atomic E-state index is 0.255. The zero-order valence-electron chi connectivity index (χ0n) is 12.4. The Morgan fingerprint density at radius 1 is 1.09 bits per heavy atom. The highest BCUT2D eigenvalue weighted by Gasteiger charge is 2.18. The van der Waals surface area contributed by atoms with E-state index in [-0.39, 0.29) is 17.7 Å². The third kappa shape index (κ3) is 3.46. The lowest BCUT2D eigenvalue weighted by molar-refractivity contribution is 0.0664. The molecule has 0 saturated carbocycles. The maximum Gasteiger partial charge on any atom is 0.123 e. The van der Waals surface area contributed by atoms with Crippen LogP contribution in [-0.2, 0) is 6.54 Å². The highest BCUT2D eigenvalue weighted by molar-refractivity contribution is 5.65. The minimum atomic E-state index is -0.281. The molecule has 2 N–H and O–H groups in total. The van der Waals surface area contributed by atoms with Crippen LogP contribution in [0.4, 0.5) is 4.39 Å². The van der Waals surface area contributed by atoms with Gasteiger partial charge in [-0.2, -0.15) is 0 Å². The van der Waals surface area contributed by atoms with Crippen molar-refractivity contribution < 1.29 is 14.6 Å². The maximum absolute atomic E-state index is 13.0. The standard InChI is InChI=1S/C18H20FNO2/c19-16-6-3-13(4-7-16)14-5-8-18(22)15(10-14)11-20-9-1-2-17(21)12-20/h3-8,10,17,21-22H,1-2,9,11-12H2/t17-/m1/s1. The number of nitrogens with zero attached hydrogens (tertiary/aromatic N) is 1. The fraction of sp³-hybridized carbons (Fsp3) is 0.333. The van der Waals surface area contributed by atoms with Crippen molar-refractivity contribution >= 4 is 0 Å². The average molecular weight is 301 g/mol. The second kappa shape index (κ2) is 6.46. The van der Waals surface area contributed by atoms with Gasteiger partial charge in [0, 0.05) is 18.7 Å². The number of hydrogen-bond donors (Lipinski definition) is 2. The number of aliphatic hydroxyl groups excluding tert-OH is 1. The van der Waals surface area contributed by atoms with Gasteiger partial charge in [-0.05, 0) is 54.8 Å². The number of likely N-dealkylation sites (tertiary alicyclic amines) is 1. The molecule has 1 saturated heterocycles. The molecule has 3 nitrogen and oxygen atoms in total. The molecule has 22 heavy (non-hydrogen) atoms. The largest absolute Gasteiger partial charge is 0.508 e. The van der Waals surface area contributed by atoms with Crippen LogP contribution in [0.1, 0.15) is 18.4 Å². The Kier molecular flexibility index (Phi) is 4.41. The summed E-state index contributed by atoms with van der Waals surface area (Å²) in [6.07, 6.45) is 1.54. The van der Waals surface area contributed by atoms with Crippen LogP contribution >= 0.6 is 0 Å². The van der Waals surface area contributed by atoms with E-state index in [1.165, 1.54) is 12.1 Å². The number of aliphatic hydroxyl groups is 1. The highest BCUT2D eigenvalue weighted by atomic mass is 19.1. The molecule has 0 spiro atoms. The lowest BCUT2D eigenvalue weighted by atomic mass is 10.0. The van der Waals surface area contributed by atoms with Crippen molar-refractivity contribution in [2.24, 2.45) is 0 Å². The molecule has 4 heteroatoms. The normalized spacial score (nSPS) is 19.3.